The van der Waals surface area contributed by atoms with E-state index < -0.39 is 0 Å². The fourth-order valence-corrected chi connectivity index (χ4v) is 3.28. The van der Waals surface area contributed by atoms with Crippen LogP contribution in [0, 0.1) is 0 Å². The molecule has 0 aliphatic heterocycles. The Labute approximate surface area is 109 Å². The van der Waals surface area contributed by atoms with Gasteiger partial charge in [-0.25, -0.2) is 0 Å². The molecule has 84 valence electrons. The Kier molecular flexibility index (Phi) is 4.29. The van der Waals surface area contributed by atoms with Crippen molar-refractivity contribution >= 4 is 34.7 Å². The molecule has 1 unspecified atom stereocenters. The van der Waals surface area contributed by atoms with Gasteiger partial charge in [0.25, 0.3) is 0 Å². The monoisotopic (exact) mass is 269 g/mol. The molecule has 0 aliphatic carbocycles. The zero-order valence-electron chi connectivity index (χ0n) is 8.60. The highest BCUT2D eigenvalue weighted by Gasteiger charge is 2.08. The second kappa shape index (κ2) is 5.73. The largest absolute Gasteiger partial charge is 0.323 e. The third-order valence-corrected chi connectivity index (χ3v) is 4.56. The van der Waals surface area contributed by atoms with Crippen LogP contribution in [-0.4, -0.2) is 5.75 Å². The Hall–Kier alpha value is -0.480. The highest BCUT2D eigenvalue weighted by Crippen LogP contribution is 2.29. The minimum atomic E-state index is 0.0764. The van der Waals surface area contributed by atoms with E-state index in [1.807, 2.05) is 24.3 Å². The van der Waals surface area contributed by atoms with E-state index in [9.17, 15) is 0 Å². The van der Waals surface area contributed by atoms with Crippen LogP contribution in [0.5, 0.6) is 0 Å². The molecule has 1 heterocycles. The second-order valence-electron chi connectivity index (χ2n) is 3.40. The second-order valence-corrected chi connectivity index (χ2v) is 5.65. The molecule has 1 nitrogen and oxygen atoms in total. The Morgan fingerprint density at radius 1 is 1.31 bits per heavy atom. The lowest BCUT2D eigenvalue weighted by Gasteiger charge is -2.10. The van der Waals surface area contributed by atoms with Crippen molar-refractivity contribution in [1.29, 1.82) is 0 Å². The summed E-state index contributed by atoms with van der Waals surface area (Å²) in [5.41, 5.74) is 7.28. The van der Waals surface area contributed by atoms with E-state index in [4.69, 9.17) is 17.3 Å². The molecule has 0 radical (unpaired) electrons. The van der Waals surface area contributed by atoms with Gasteiger partial charge in [-0.3, -0.25) is 0 Å². The van der Waals surface area contributed by atoms with Crippen molar-refractivity contribution < 1.29 is 0 Å². The van der Waals surface area contributed by atoms with Crippen LogP contribution in [0.15, 0.2) is 46.0 Å². The highest BCUT2D eigenvalue weighted by molar-refractivity contribution is 7.99. The van der Waals surface area contributed by atoms with Gasteiger partial charge in [0.1, 0.15) is 0 Å². The summed E-state index contributed by atoms with van der Waals surface area (Å²) in [5.74, 6) is 0.848. The Morgan fingerprint density at radius 3 is 2.81 bits per heavy atom. The number of nitrogens with two attached hydrogens (primary N) is 1. The molecule has 0 bridgehead atoms. The number of benzene rings is 1. The number of hydrogen-bond acceptors (Lipinski definition) is 3. The average Bonchev–Trinajstić information content (AvgIpc) is 2.81. The number of rotatable bonds is 4. The lowest BCUT2D eigenvalue weighted by atomic mass is 10.2. The molecule has 0 amide bonds. The van der Waals surface area contributed by atoms with Gasteiger partial charge >= 0.3 is 0 Å². The molecule has 1 aromatic heterocycles. The summed E-state index contributed by atoms with van der Waals surface area (Å²) in [6.07, 6.45) is 0. The lowest BCUT2D eigenvalue weighted by Crippen LogP contribution is -2.11. The maximum absolute atomic E-state index is 6.08. The maximum atomic E-state index is 6.08. The molecule has 1 aromatic carbocycles. The molecule has 2 N–H and O–H groups in total. The van der Waals surface area contributed by atoms with Crippen LogP contribution >= 0.6 is 34.7 Å². The van der Waals surface area contributed by atoms with Crippen LogP contribution in [0.25, 0.3) is 0 Å². The molecule has 16 heavy (non-hydrogen) atoms. The molecule has 1 atom stereocenters. The van der Waals surface area contributed by atoms with Crippen molar-refractivity contribution in [2.45, 2.75) is 10.9 Å². The normalized spacial score (nSPS) is 12.6. The summed E-state index contributed by atoms with van der Waals surface area (Å²) in [4.78, 5) is 1.09. The molecular formula is C12H12ClNS2. The fraction of sp³-hybridized carbons (Fsp3) is 0.167. The fourth-order valence-electron chi connectivity index (χ4n) is 1.32. The molecule has 0 spiro atoms. The van der Waals surface area contributed by atoms with E-state index in [1.165, 1.54) is 5.56 Å². The van der Waals surface area contributed by atoms with Crippen LogP contribution in [0.1, 0.15) is 11.6 Å². The summed E-state index contributed by atoms with van der Waals surface area (Å²) in [5, 5.41) is 4.94. The van der Waals surface area contributed by atoms with Gasteiger partial charge in [-0.15, -0.1) is 11.8 Å². The van der Waals surface area contributed by atoms with Gasteiger partial charge in [-0.05, 0) is 34.5 Å². The number of thiophene rings is 1. The van der Waals surface area contributed by atoms with Crippen molar-refractivity contribution in [3.8, 4) is 0 Å². The minimum absolute atomic E-state index is 0.0764. The third kappa shape index (κ3) is 3.01. The third-order valence-electron chi connectivity index (χ3n) is 2.23. The summed E-state index contributed by atoms with van der Waals surface area (Å²) in [6.45, 7) is 0. The molecule has 0 saturated carbocycles. The SMILES string of the molecule is NC(CSc1ccccc1Cl)c1ccsc1. The van der Waals surface area contributed by atoms with E-state index >= 15 is 0 Å². The van der Waals surface area contributed by atoms with Crippen molar-refractivity contribution in [2.75, 3.05) is 5.75 Å². The van der Waals surface area contributed by atoms with Gasteiger partial charge in [-0.2, -0.15) is 11.3 Å². The molecule has 0 fully saturated rings. The molecule has 2 rings (SSSR count). The molecular weight excluding hydrogens is 258 g/mol. The topological polar surface area (TPSA) is 26.0 Å². The van der Waals surface area contributed by atoms with Crippen LogP contribution < -0.4 is 5.73 Å². The lowest BCUT2D eigenvalue weighted by molar-refractivity contribution is 0.836. The first-order valence-corrected chi connectivity index (χ1v) is 7.23. The van der Waals surface area contributed by atoms with Gasteiger partial charge < -0.3 is 5.73 Å². The van der Waals surface area contributed by atoms with Crippen LogP contribution in [0.2, 0.25) is 5.02 Å². The van der Waals surface area contributed by atoms with Crippen LogP contribution in [-0.2, 0) is 0 Å². The van der Waals surface area contributed by atoms with Crippen molar-refractivity contribution in [2.24, 2.45) is 5.73 Å². The first-order valence-electron chi connectivity index (χ1n) is 4.92. The zero-order chi connectivity index (χ0) is 11.4. The molecule has 0 aliphatic rings. The molecule has 4 heteroatoms. The van der Waals surface area contributed by atoms with Crippen molar-refractivity contribution in [3.05, 3.63) is 51.7 Å². The summed E-state index contributed by atoms with van der Waals surface area (Å²) >= 11 is 9.45. The first kappa shape index (κ1) is 12.0. The number of thioether (sulfide) groups is 1. The minimum Gasteiger partial charge on any atom is -0.323 e. The zero-order valence-corrected chi connectivity index (χ0v) is 11.0. The van der Waals surface area contributed by atoms with E-state index in [2.05, 4.69) is 16.8 Å². The summed E-state index contributed by atoms with van der Waals surface area (Å²) < 4.78 is 0. The maximum Gasteiger partial charge on any atom is 0.0541 e. The van der Waals surface area contributed by atoms with E-state index in [0.29, 0.717) is 0 Å². The Morgan fingerprint density at radius 2 is 2.12 bits per heavy atom. The van der Waals surface area contributed by atoms with Crippen molar-refractivity contribution in [1.82, 2.24) is 0 Å². The summed E-state index contributed by atoms with van der Waals surface area (Å²) in [6, 6.07) is 10.00. The molecule has 0 saturated heterocycles. The Bertz CT molecular complexity index is 442. The predicted octanol–water partition coefficient (Wildman–Crippen LogP) is 4.19. The molecule has 2 aromatic rings. The number of hydrogen-bond donors (Lipinski definition) is 1. The van der Waals surface area contributed by atoms with Gasteiger partial charge in [0.15, 0.2) is 0 Å². The number of halogens is 1. The van der Waals surface area contributed by atoms with E-state index in [0.717, 1.165) is 15.7 Å². The summed E-state index contributed by atoms with van der Waals surface area (Å²) in [7, 11) is 0. The smallest absolute Gasteiger partial charge is 0.0541 e. The highest BCUT2D eigenvalue weighted by atomic mass is 35.5. The Balaban J connectivity index is 1.95. The van der Waals surface area contributed by atoms with Gasteiger partial charge in [0, 0.05) is 16.7 Å². The van der Waals surface area contributed by atoms with Crippen LogP contribution in [0.4, 0.5) is 0 Å². The first-order chi connectivity index (χ1) is 7.77. The van der Waals surface area contributed by atoms with Crippen LogP contribution in [0.3, 0.4) is 0 Å². The van der Waals surface area contributed by atoms with Gasteiger partial charge in [-0.1, -0.05) is 23.7 Å². The van der Waals surface area contributed by atoms with E-state index in [1.54, 1.807) is 23.1 Å². The van der Waals surface area contributed by atoms with E-state index in [-0.39, 0.29) is 6.04 Å². The van der Waals surface area contributed by atoms with Gasteiger partial charge in [0.2, 0.25) is 0 Å². The average molecular weight is 270 g/mol. The predicted molar refractivity (Wildman–Crippen MR) is 73.4 cm³/mol. The van der Waals surface area contributed by atoms with Crippen molar-refractivity contribution in [3.63, 3.8) is 0 Å². The standard InChI is InChI=1S/C12H12ClNS2/c13-10-3-1-2-4-12(10)16-8-11(14)9-5-6-15-7-9/h1-7,11H,8,14H2. The quantitative estimate of drug-likeness (QED) is 0.842. The van der Waals surface area contributed by atoms with Gasteiger partial charge in [0.05, 0.1) is 5.02 Å².